The van der Waals surface area contributed by atoms with Crippen LogP contribution in [0.1, 0.15) is 20.8 Å². The molecule has 0 unspecified atom stereocenters. The van der Waals surface area contributed by atoms with E-state index < -0.39 is 0 Å². The van der Waals surface area contributed by atoms with E-state index in [1.165, 1.54) is 0 Å². The largest absolute Gasteiger partial charge is 0.382 e. The highest BCUT2D eigenvalue weighted by molar-refractivity contribution is 5.60. The van der Waals surface area contributed by atoms with Gasteiger partial charge in [-0.05, 0) is 19.1 Å². The van der Waals surface area contributed by atoms with Crippen molar-refractivity contribution in [3.05, 3.63) is 18.3 Å². The van der Waals surface area contributed by atoms with Crippen LogP contribution in [0.2, 0.25) is 0 Å². The molecule has 0 saturated carbocycles. The van der Waals surface area contributed by atoms with E-state index in [0.717, 1.165) is 12.2 Å². The summed E-state index contributed by atoms with van der Waals surface area (Å²) in [6.45, 7) is 6.89. The molecule has 3 nitrogen and oxygen atoms in total. The van der Waals surface area contributed by atoms with Crippen molar-refractivity contribution >= 4 is 11.5 Å². The molecule has 0 amide bonds. The lowest BCUT2D eigenvalue weighted by molar-refractivity contribution is 1.20. The van der Waals surface area contributed by atoms with Crippen molar-refractivity contribution in [2.75, 3.05) is 17.6 Å². The smallest absolute Gasteiger partial charge is 0.146 e. The second-order valence-corrected chi connectivity index (χ2v) is 1.97. The molecule has 0 aliphatic heterocycles. The zero-order valence-electron chi connectivity index (χ0n) is 7.96. The molecule has 0 aromatic carbocycles. The fourth-order valence-corrected chi connectivity index (χ4v) is 0.757. The lowest BCUT2D eigenvalue weighted by Crippen LogP contribution is -2.01. The average Bonchev–Trinajstić information content (AvgIpc) is 2.13. The van der Waals surface area contributed by atoms with Crippen molar-refractivity contribution in [3.63, 3.8) is 0 Å². The Morgan fingerprint density at radius 2 is 2.17 bits per heavy atom. The molecule has 0 fully saturated rings. The fourth-order valence-electron chi connectivity index (χ4n) is 0.757. The molecule has 0 aliphatic rings. The molecule has 1 aromatic heterocycles. The quantitative estimate of drug-likeness (QED) is 0.709. The van der Waals surface area contributed by atoms with Crippen molar-refractivity contribution < 1.29 is 0 Å². The Morgan fingerprint density at radius 1 is 1.50 bits per heavy atom. The highest BCUT2D eigenvalue weighted by Crippen LogP contribution is 2.12. The predicted molar refractivity (Wildman–Crippen MR) is 54.2 cm³/mol. The summed E-state index contributed by atoms with van der Waals surface area (Å²) in [7, 11) is 0. The van der Waals surface area contributed by atoms with Crippen LogP contribution < -0.4 is 11.1 Å². The Balaban J connectivity index is 0.000000561. The Hall–Kier alpha value is -1.25. The Labute approximate surface area is 74.0 Å². The number of aromatic nitrogens is 1. The molecular formula is C9H17N3. The molecule has 0 aliphatic carbocycles. The van der Waals surface area contributed by atoms with Crippen molar-refractivity contribution in [3.8, 4) is 0 Å². The van der Waals surface area contributed by atoms with E-state index in [-0.39, 0.29) is 0 Å². The third kappa shape index (κ3) is 3.23. The number of hydrogen-bond acceptors (Lipinski definition) is 3. The number of rotatable bonds is 2. The number of nitrogens with two attached hydrogens (primary N) is 1. The summed E-state index contributed by atoms with van der Waals surface area (Å²) in [4.78, 5) is 3.91. The van der Waals surface area contributed by atoms with Crippen molar-refractivity contribution in [2.24, 2.45) is 0 Å². The molecule has 0 radical (unpaired) electrons. The van der Waals surface area contributed by atoms with Gasteiger partial charge in [-0.25, -0.2) is 4.98 Å². The van der Waals surface area contributed by atoms with Crippen LogP contribution in [0, 0.1) is 0 Å². The van der Waals surface area contributed by atoms with Gasteiger partial charge in [0.25, 0.3) is 0 Å². The van der Waals surface area contributed by atoms with E-state index in [2.05, 4.69) is 10.3 Å². The molecule has 1 rings (SSSR count). The van der Waals surface area contributed by atoms with Gasteiger partial charge in [0, 0.05) is 12.7 Å². The number of nitrogen functional groups attached to an aromatic ring is 1. The second kappa shape index (κ2) is 6.46. The predicted octanol–water partition coefficient (Wildman–Crippen LogP) is 2.12. The lowest BCUT2D eigenvalue weighted by atomic mass is 10.4. The first-order chi connectivity index (χ1) is 5.84. The molecule has 0 spiro atoms. The van der Waals surface area contributed by atoms with Crippen LogP contribution in [0.15, 0.2) is 18.3 Å². The van der Waals surface area contributed by atoms with E-state index in [9.17, 15) is 0 Å². The summed E-state index contributed by atoms with van der Waals surface area (Å²) in [5, 5.41) is 3.09. The molecule has 1 heterocycles. The summed E-state index contributed by atoms with van der Waals surface area (Å²) in [6, 6.07) is 3.76. The van der Waals surface area contributed by atoms with Gasteiger partial charge in [-0.15, -0.1) is 0 Å². The number of anilines is 2. The van der Waals surface area contributed by atoms with Gasteiger partial charge >= 0.3 is 0 Å². The van der Waals surface area contributed by atoms with E-state index in [1.807, 2.05) is 32.9 Å². The highest BCUT2D eigenvalue weighted by Gasteiger charge is 1.93. The van der Waals surface area contributed by atoms with Gasteiger partial charge < -0.3 is 11.1 Å². The van der Waals surface area contributed by atoms with Crippen LogP contribution in [0.4, 0.5) is 11.5 Å². The molecule has 0 saturated heterocycles. The lowest BCUT2D eigenvalue weighted by Gasteiger charge is -2.03. The third-order valence-corrected chi connectivity index (χ3v) is 1.21. The SMILES string of the molecule is CC.CCNc1cccnc1N. The minimum absolute atomic E-state index is 0.560. The third-order valence-electron chi connectivity index (χ3n) is 1.21. The molecule has 3 N–H and O–H groups in total. The van der Waals surface area contributed by atoms with Gasteiger partial charge in [0.2, 0.25) is 0 Å². The van der Waals surface area contributed by atoms with Crippen LogP contribution in [-0.2, 0) is 0 Å². The minimum atomic E-state index is 0.560. The summed E-state index contributed by atoms with van der Waals surface area (Å²) in [6.07, 6.45) is 1.68. The maximum Gasteiger partial charge on any atom is 0.146 e. The normalized spacial score (nSPS) is 8.25. The van der Waals surface area contributed by atoms with Crippen molar-refractivity contribution in [2.45, 2.75) is 20.8 Å². The van der Waals surface area contributed by atoms with Crippen LogP contribution >= 0.6 is 0 Å². The van der Waals surface area contributed by atoms with E-state index in [1.54, 1.807) is 6.20 Å². The molecule has 3 heteroatoms. The Morgan fingerprint density at radius 3 is 2.67 bits per heavy atom. The summed E-state index contributed by atoms with van der Waals surface area (Å²) >= 11 is 0. The van der Waals surface area contributed by atoms with Gasteiger partial charge in [-0.2, -0.15) is 0 Å². The summed E-state index contributed by atoms with van der Waals surface area (Å²) in [5.41, 5.74) is 6.44. The number of pyridine rings is 1. The van der Waals surface area contributed by atoms with Gasteiger partial charge in [0.1, 0.15) is 5.82 Å². The maximum atomic E-state index is 5.53. The zero-order valence-corrected chi connectivity index (χ0v) is 7.96. The standard InChI is InChI=1S/C7H11N3.C2H6/c1-2-9-6-4-3-5-10-7(6)8;1-2/h3-5,9H,2H2,1H3,(H2,8,10);1-2H3. The van der Waals surface area contributed by atoms with Crippen LogP contribution in [0.25, 0.3) is 0 Å². The van der Waals surface area contributed by atoms with Crippen LogP contribution in [0.3, 0.4) is 0 Å². The summed E-state index contributed by atoms with van der Waals surface area (Å²) in [5.74, 6) is 0.560. The van der Waals surface area contributed by atoms with E-state index >= 15 is 0 Å². The average molecular weight is 167 g/mol. The number of nitrogens with zero attached hydrogens (tertiary/aromatic N) is 1. The molecular weight excluding hydrogens is 150 g/mol. The Bertz CT molecular complexity index is 211. The van der Waals surface area contributed by atoms with E-state index in [4.69, 9.17) is 5.73 Å². The second-order valence-electron chi connectivity index (χ2n) is 1.97. The first-order valence-corrected chi connectivity index (χ1v) is 4.29. The molecule has 68 valence electrons. The van der Waals surface area contributed by atoms with Gasteiger partial charge in [0.15, 0.2) is 0 Å². The van der Waals surface area contributed by atoms with Crippen molar-refractivity contribution in [1.29, 1.82) is 0 Å². The monoisotopic (exact) mass is 167 g/mol. The molecule has 12 heavy (non-hydrogen) atoms. The zero-order chi connectivity index (χ0) is 9.40. The van der Waals surface area contributed by atoms with Crippen LogP contribution in [-0.4, -0.2) is 11.5 Å². The van der Waals surface area contributed by atoms with Gasteiger partial charge in [0.05, 0.1) is 5.69 Å². The van der Waals surface area contributed by atoms with Crippen LogP contribution in [0.5, 0.6) is 0 Å². The van der Waals surface area contributed by atoms with Crippen molar-refractivity contribution in [1.82, 2.24) is 4.98 Å². The Kier molecular flexibility index (Phi) is 5.79. The molecule has 0 atom stereocenters. The topological polar surface area (TPSA) is 50.9 Å². The van der Waals surface area contributed by atoms with Gasteiger partial charge in [-0.1, -0.05) is 13.8 Å². The van der Waals surface area contributed by atoms with E-state index in [0.29, 0.717) is 5.82 Å². The first-order valence-electron chi connectivity index (χ1n) is 4.29. The number of nitrogens with one attached hydrogen (secondary N) is 1. The minimum Gasteiger partial charge on any atom is -0.382 e. The molecule has 1 aromatic rings. The summed E-state index contributed by atoms with van der Waals surface area (Å²) < 4.78 is 0. The fraction of sp³-hybridized carbons (Fsp3) is 0.444. The first kappa shape index (κ1) is 10.8. The maximum absolute atomic E-state index is 5.53. The number of hydrogen-bond donors (Lipinski definition) is 2. The highest BCUT2D eigenvalue weighted by atomic mass is 14.9. The van der Waals surface area contributed by atoms with Gasteiger partial charge in [-0.3, -0.25) is 0 Å². The molecule has 0 bridgehead atoms.